The molecule has 0 aliphatic heterocycles. The van der Waals surface area contributed by atoms with E-state index in [1.165, 1.54) is 6.07 Å². The highest BCUT2D eigenvalue weighted by molar-refractivity contribution is 14.1. The minimum Gasteiger partial charge on any atom is -0.462 e. The summed E-state index contributed by atoms with van der Waals surface area (Å²) >= 11 is 5.35. The number of hydrogen-bond acceptors (Lipinski definition) is 3. The molecule has 0 spiro atoms. The summed E-state index contributed by atoms with van der Waals surface area (Å²) in [4.78, 5) is 11.5. The quantitative estimate of drug-likeness (QED) is 0.586. The minimum atomic E-state index is -0.417. The lowest BCUT2D eigenvalue weighted by Crippen LogP contribution is -2.06. The van der Waals surface area contributed by atoms with Crippen molar-refractivity contribution in [3.05, 3.63) is 31.3 Å². The number of nitrogens with zero attached hydrogens (tertiary/aromatic N) is 1. The van der Waals surface area contributed by atoms with Gasteiger partial charge in [0.05, 0.1) is 23.8 Å². The van der Waals surface area contributed by atoms with Gasteiger partial charge < -0.3 is 4.74 Å². The summed E-state index contributed by atoms with van der Waals surface area (Å²) in [5.41, 5.74) is 0.839. The molecule has 5 heteroatoms. The zero-order valence-corrected chi connectivity index (χ0v) is 11.6. The van der Waals surface area contributed by atoms with E-state index in [0.717, 1.165) is 3.57 Å². The molecule has 3 nitrogen and oxygen atoms in total. The number of hydrogen-bond donors (Lipinski definition) is 0. The summed E-state index contributed by atoms with van der Waals surface area (Å²) in [6, 6.07) is 5.22. The van der Waals surface area contributed by atoms with Crippen molar-refractivity contribution >= 4 is 44.5 Å². The van der Waals surface area contributed by atoms with Crippen molar-refractivity contribution in [1.29, 1.82) is 5.26 Å². The number of rotatable bonds is 2. The molecule has 0 unspecified atom stereocenters. The Hall–Kier alpha value is -0.610. The molecule has 1 aromatic carbocycles. The van der Waals surface area contributed by atoms with Crippen LogP contribution in [0.3, 0.4) is 0 Å². The summed E-state index contributed by atoms with van der Waals surface area (Å²) in [5, 5.41) is 8.77. The van der Waals surface area contributed by atoms with Crippen LogP contribution in [-0.4, -0.2) is 12.6 Å². The number of carbonyl (C=O) groups is 1. The molecule has 15 heavy (non-hydrogen) atoms. The number of nitriles is 1. The Labute approximate surface area is 110 Å². The highest BCUT2D eigenvalue weighted by Crippen LogP contribution is 2.25. The van der Waals surface area contributed by atoms with Crippen LogP contribution in [0.25, 0.3) is 0 Å². The highest BCUT2D eigenvalue weighted by Gasteiger charge is 2.14. The highest BCUT2D eigenvalue weighted by atomic mass is 127. The van der Waals surface area contributed by atoms with Crippen LogP contribution in [0.4, 0.5) is 0 Å². The minimum absolute atomic E-state index is 0.318. The van der Waals surface area contributed by atoms with Gasteiger partial charge in [-0.25, -0.2) is 4.79 Å². The maximum atomic E-state index is 11.5. The first kappa shape index (κ1) is 12.5. The first-order chi connectivity index (χ1) is 7.10. The molecule has 1 rings (SSSR count). The van der Waals surface area contributed by atoms with Crippen LogP contribution < -0.4 is 0 Å². The normalized spacial score (nSPS) is 9.47. The average Bonchev–Trinajstić information content (AvgIpc) is 2.22. The third kappa shape index (κ3) is 2.92. The number of ether oxygens (including phenoxy) is 1. The first-order valence-corrected chi connectivity index (χ1v) is 6.03. The van der Waals surface area contributed by atoms with Crippen LogP contribution in [0, 0.1) is 14.9 Å². The van der Waals surface area contributed by atoms with Gasteiger partial charge in [0.15, 0.2) is 0 Å². The van der Waals surface area contributed by atoms with Crippen LogP contribution in [-0.2, 0) is 4.74 Å². The molecule has 0 fully saturated rings. The van der Waals surface area contributed by atoms with E-state index < -0.39 is 5.97 Å². The molecule has 0 aliphatic rings. The number of esters is 1. The SMILES string of the molecule is CCOC(=O)c1cc(C#N)cc(I)c1Br. The Morgan fingerprint density at radius 3 is 2.87 bits per heavy atom. The van der Waals surface area contributed by atoms with E-state index in [2.05, 4.69) is 38.5 Å². The summed E-state index contributed by atoms with van der Waals surface area (Å²) in [7, 11) is 0. The van der Waals surface area contributed by atoms with Gasteiger partial charge in [0.1, 0.15) is 0 Å². The Balaban J connectivity index is 3.23. The zero-order chi connectivity index (χ0) is 11.4. The molecule has 0 bridgehead atoms. The number of halogens is 2. The van der Waals surface area contributed by atoms with Crippen molar-refractivity contribution in [3.63, 3.8) is 0 Å². The molecule has 0 saturated carbocycles. The predicted octanol–water partition coefficient (Wildman–Crippen LogP) is 3.10. The van der Waals surface area contributed by atoms with E-state index in [4.69, 9.17) is 10.00 Å². The average molecular weight is 380 g/mol. The van der Waals surface area contributed by atoms with E-state index in [0.29, 0.717) is 22.2 Å². The van der Waals surface area contributed by atoms with E-state index in [1.807, 2.05) is 6.07 Å². The third-order valence-corrected chi connectivity index (χ3v) is 4.10. The molecule has 78 valence electrons. The second kappa shape index (κ2) is 5.47. The fourth-order valence-corrected chi connectivity index (χ4v) is 2.03. The molecule has 0 saturated heterocycles. The molecule has 0 amide bonds. The van der Waals surface area contributed by atoms with Crippen LogP contribution in [0.2, 0.25) is 0 Å². The Bertz CT molecular complexity index is 440. The van der Waals surface area contributed by atoms with Crippen molar-refractivity contribution in [1.82, 2.24) is 0 Å². The molecule has 0 atom stereocenters. The smallest absolute Gasteiger partial charge is 0.339 e. The van der Waals surface area contributed by atoms with Crippen LogP contribution in [0.15, 0.2) is 16.6 Å². The van der Waals surface area contributed by atoms with Crippen molar-refractivity contribution in [2.24, 2.45) is 0 Å². The summed E-state index contributed by atoms with van der Waals surface area (Å²) in [6.07, 6.45) is 0. The summed E-state index contributed by atoms with van der Waals surface area (Å²) < 4.78 is 6.36. The molecule has 0 radical (unpaired) electrons. The van der Waals surface area contributed by atoms with Crippen molar-refractivity contribution in [3.8, 4) is 6.07 Å². The molecule has 0 heterocycles. The zero-order valence-electron chi connectivity index (χ0n) is 7.88. The molecular weight excluding hydrogens is 373 g/mol. The molecule has 0 aromatic heterocycles. The molecule has 1 aromatic rings. The largest absolute Gasteiger partial charge is 0.462 e. The Morgan fingerprint density at radius 2 is 2.33 bits per heavy atom. The molecule has 0 aliphatic carbocycles. The third-order valence-electron chi connectivity index (χ3n) is 1.65. The van der Waals surface area contributed by atoms with Gasteiger partial charge in [-0.15, -0.1) is 0 Å². The van der Waals surface area contributed by atoms with Gasteiger partial charge in [-0.1, -0.05) is 0 Å². The van der Waals surface area contributed by atoms with Gasteiger partial charge in [0, 0.05) is 8.04 Å². The van der Waals surface area contributed by atoms with Gasteiger partial charge in [-0.3, -0.25) is 0 Å². The van der Waals surface area contributed by atoms with E-state index in [9.17, 15) is 4.79 Å². The fourth-order valence-electron chi connectivity index (χ4n) is 1.01. The fraction of sp³-hybridized carbons (Fsp3) is 0.200. The second-order valence-corrected chi connectivity index (χ2v) is 4.61. The maximum Gasteiger partial charge on any atom is 0.339 e. The van der Waals surface area contributed by atoms with Crippen molar-refractivity contribution < 1.29 is 9.53 Å². The van der Waals surface area contributed by atoms with E-state index in [-0.39, 0.29) is 0 Å². The second-order valence-electron chi connectivity index (χ2n) is 2.65. The lowest BCUT2D eigenvalue weighted by molar-refractivity contribution is 0.0525. The summed E-state index contributed by atoms with van der Waals surface area (Å²) in [5.74, 6) is -0.417. The maximum absolute atomic E-state index is 11.5. The van der Waals surface area contributed by atoms with Gasteiger partial charge >= 0.3 is 5.97 Å². The lowest BCUT2D eigenvalue weighted by Gasteiger charge is -2.06. The van der Waals surface area contributed by atoms with Crippen molar-refractivity contribution in [2.45, 2.75) is 6.92 Å². The standard InChI is InChI=1S/C10H7BrINO2/c1-2-15-10(14)7-3-6(5-13)4-8(12)9(7)11/h3-4H,2H2,1H3. The monoisotopic (exact) mass is 379 g/mol. The van der Waals surface area contributed by atoms with Gasteiger partial charge in [0.25, 0.3) is 0 Å². The summed E-state index contributed by atoms with van der Waals surface area (Å²) in [6.45, 7) is 2.06. The number of benzene rings is 1. The van der Waals surface area contributed by atoms with E-state index >= 15 is 0 Å². The topological polar surface area (TPSA) is 50.1 Å². The van der Waals surface area contributed by atoms with Gasteiger partial charge in [-0.05, 0) is 57.6 Å². The van der Waals surface area contributed by atoms with Crippen LogP contribution in [0.1, 0.15) is 22.8 Å². The van der Waals surface area contributed by atoms with E-state index in [1.54, 1.807) is 13.0 Å². The lowest BCUT2D eigenvalue weighted by atomic mass is 10.1. The van der Waals surface area contributed by atoms with Crippen LogP contribution in [0.5, 0.6) is 0 Å². The Kier molecular flexibility index (Phi) is 4.54. The molecule has 0 N–H and O–H groups in total. The Morgan fingerprint density at radius 1 is 1.67 bits per heavy atom. The van der Waals surface area contributed by atoms with Crippen LogP contribution >= 0.6 is 38.5 Å². The number of carbonyl (C=O) groups excluding carboxylic acids is 1. The van der Waals surface area contributed by atoms with Crippen molar-refractivity contribution in [2.75, 3.05) is 6.61 Å². The first-order valence-electron chi connectivity index (χ1n) is 4.16. The van der Waals surface area contributed by atoms with Gasteiger partial charge in [0.2, 0.25) is 0 Å². The molecular formula is C10H7BrINO2. The predicted molar refractivity (Wildman–Crippen MR) is 67.5 cm³/mol. The van der Waals surface area contributed by atoms with Gasteiger partial charge in [-0.2, -0.15) is 5.26 Å².